The Balaban J connectivity index is 1.73. The number of ether oxygens (including phenoxy) is 2. The highest BCUT2D eigenvalue weighted by Gasteiger charge is 2.07. The molecule has 0 bridgehead atoms. The van der Waals surface area contributed by atoms with Crippen molar-refractivity contribution in [1.29, 1.82) is 0 Å². The summed E-state index contributed by atoms with van der Waals surface area (Å²) in [5.41, 5.74) is 1.59. The summed E-state index contributed by atoms with van der Waals surface area (Å²) in [6.45, 7) is 3.99. The Morgan fingerprint density at radius 2 is 1.78 bits per heavy atom. The topological polar surface area (TPSA) is 68.3 Å². The molecular formula is C20H21ClN4O2. The van der Waals surface area contributed by atoms with Crippen molar-refractivity contribution >= 4 is 34.7 Å². The van der Waals surface area contributed by atoms with Crippen LogP contribution in [0.1, 0.15) is 13.8 Å². The van der Waals surface area contributed by atoms with Gasteiger partial charge < -0.3 is 20.1 Å². The summed E-state index contributed by atoms with van der Waals surface area (Å²) in [6, 6.07) is 14.8. The van der Waals surface area contributed by atoms with Crippen molar-refractivity contribution in [3.05, 3.63) is 59.8 Å². The molecule has 0 amide bonds. The van der Waals surface area contributed by atoms with Crippen LogP contribution in [0.25, 0.3) is 0 Å². The largest absolute Gasteiger partial charge is 0.495 e. The van der Waals surface area contributed by atoms with Gasteiger partial charge in [0.15, 0.2) is 0 Å². The minimum Gasteiger partial charge on any atom is -0.495 e. The lowest BCUT2D eigenvalue weighted by molar-refractivity contribution is 0.242. The van der Waals surface area contributed by atoms with E-state index in [0.29, 0.717) is 22.5 Å². The summed E-state index contributed by atoms with van der Waals surface area (Å²) in [5.74, 6) is 2.58. The quantitative estimate of drug-likeness (QED) is 0.567. The highest BCUT2D eigenvalue weighted by Crippen LogP contribution is 2.30. The van der Waals surface area contributed by atoms with Gasteiger partial charge in [-0.2, -0.15) is 4.98 Å². The third kappa shape index (κ3) is 5.24. The Morgan fingerprint density at radius 3 is 2.48 bits per heavy atom. The standard InChI is InChI=1S/C20H21ClN4O2/c1-13(2)27-16-7-5-15(6-8-16)23-20-22-11-10-19(25-20)24-17-12-14(21)4-9-18(17)26-3/h4-13H,1-3H3,(H2,22,23,24,25). The number of nitrogens with zero attached hydrogens (tertiary/aromatic N) is 2. The van der Waals surface area contributed by atoms with E-state index in [9.17, 15) is 0 Å². The van der Waals surface area contributed by atoms with E-state index in [2.05, 4.69) is 20.6 Å². The first kappa shape index (κ1) is 18.8. The maximum atomic E-state index is 6.07. The van der Waals surface area contributed by atoms with Gasteiger partial charge in [-0.05, 0) is 62.4 Å². The maximum absolute atomic E-state index is 6.07. The average molecular weight is 385 g/mol. The van der Waals surface area contributed by atoms with Crippen LogP contribution in [-0.2, 0) is 0 Å². The summed E-state index contributed by atoms with van der Waals surface area (Å²) in [7, 11) is 1.61. The Morgan fingerprint density at radius 1 is 1.00 bits per heavy atom. The first-order chi connectivity index (χ1) is 13.0. The van der Waals surface area contributed by atoms with Crippen molar-refractivity contribution in [1.82, 2.24) is 9.97 Å². The molecule has 27 heavy (non-hydrogen) atoms. The number of methoxy groups -OCH3 is 1. The summed E-state index contributed by atoms with van der Waals surface area (Å²) in [5, 5.41) is 6.98. The summed E-state index contributed by atoms with van der Waals surface area (Å²) in [6.07, 6.45) is 1.81. The number of aromatic nitrogens is 2. The molecule has 3 aromatic rings. The number of benzene rings is 2. The second kappa shape index (κ2) is 8.60. The molecule has 0 fully saturated rings. The van der Waals surface area contributed by atoms with E-state index in [4.69, 9.17) is 21.1 Å². The molecule has 0 aliphatic heterocycles. The molecule has 0 radical (unpaired) electrons. The van der Waals surface area contributed by atoms with E-state index in [-0.39, 0.29) is 6.10 Å². The predicted molar refractivity (Wildman–Crippen MR) is 109 cm³/mol. The fraction of sp³-hybridized carbons (Fsp3) is 0.200. The highest BCUT2D eigenvalue weighted by atomic mass is 35.5. The predicted octanol–water partition coefficient (Wildman–Crippen LogP) is 5.41. The summed E-state index contributed by atoms with van der Waals surface area (Å²) < 4.78 is 11.0. The summed E-state index contributed by atoms with van der Waals surface area (Å²) in [4.78, 5) is 8.73. The molecule has 0 saturated heterocycles. The first-order valence-electron chi connectivity index (χ1n) is 8.51. The number of hydrogen-bond donors (Lipinski definition) is 2. The zero-order valence-electron chi connectivity index (χ0n) is 15.4. The SMILES string of the molecule is COc1ccc(Cl)cc1Nc1ccnc(Nc2ccc(OC(C)C)cc2)n1. The van der Waals surface area contributed by atoms with Crippen LogP contribution in [-0.4, -0.2) is 23.2 Å². The van der Waals surface area contributed by atoms with Crippen LogP contribution in [0.2, 0.25) is 5.02 Å². The van der Waals surface area contributed by atoms with Gasteiger partial charge in [0.1, 0.15) is 17.3 Å². The van der Waals surface area contributed by atoms with E-state index in [1.54, 1.807) is 37.6 Å². The van der Waals surface area contributed by atoms with E-state index in [1.165, 1.54) is 0 Å². The lowest BCUT2D eigenvalue weighted by Crippen LogP contribution is -2.05. The minimum atomic E-state index is 0.137. The third-order valence-electron chi connectivity index (χ3n) is 3.56. The number of anilines is 4. The number of rotatable bonds is 7. The molecule has 0 aliphatic carbocycles. The molecular weight excluding hydrogens is 364 g/mol. The second-order valence-electron chi connectivity index (χ2n) is 6.05. The van der Waals surface area contributed by atoms with Crippen molar-refractivity contribution in [2.75, 3.05) is 17.7 Å². The molecule has 1 aromatic heterocycles. The fourth-order valence-corrected chi connectivity index (χ4v) is 2.59. The van der Waals surface area contributed by atoms with Crippen LogP contribution in [0.15, 0.2) is 54.7 Å². The Hall–Kier alpha value is -2.99. The molecule has 1 heterocycles. The molecule has 0 atom stereocenters. The van der Waals surface area contributed by atoms with E-state index in [1.807, 2.05) is 38.1 Å². The molecule has 140 valence electrons. The van der Waals surface area contributed by atoms with Crippen molar-refractivity contribution in [3.8, 4) is 11.5 Å². The van der Waals surface area contributed by atoms with Gasteiger partial charge in [0.2, 0.25) is 5.95 Å². The van der Waals surface area contributed by atoms with Gasteiger partial charge in [0.05, 0.1) is 18.9 Å². The molecule has 3 rings (SSSR count). The highest BCUT2D eigenvalue weighted by molar-refractivity contribution is 6.31. The number of nitrogens with one attached hydrogen (secondary N) is 2. The average Bonchev–Trinajstić information content (AvgIpc) is 2.63. The monoisotopic (exact) mass is 384 g/mol. The van der Waals surface area contributed by atoms with Gasteiger partial charge in [0, 0.05) is 16.9 Å². The normalized spacial score (nSPS) is 10.6. The van der Waals surface area contributed by atoms with Gasteiger partial charge in [-0.15, -0.1) is 0 Å². The molecule has 2 N–H and O–H groups in total. The molecule has 7 heteroatoms. The Kier molecular flexibility index (Phi) is 5.98. The van der Waals surface area contributed by atoms with Gasteiger partial charge >= 0.3 is 0 Å². The van der Waals surface area contributed by atoms with E-state index >= 15 is 0 Å². The maximum Gasteiger partial charge on any atom is 0.229 e. The van der Waals surface area contributed by atoms with Crippen LogP contribution in [0.4, 0.5) is 23.1 Å². The summed E-state index contributed by atoms with van der Waals surface area (Å²) >= 11 is 6.07. The number of hydrogen-bond acceptors (Lipinski definition) is 6. The van der Waals surface area contributed by atoms with Crippen LogP contribution in [0.5, 0.6) is 11.5 Å². The molecule has 6 nitrogen and oxygen atoms in total. The van der Waals surface area contributed by atoms with Crippen molar-refractivity contribution in [3.63, 3.8) is 0 Å². The van der Waals surface area contributed by atoms with Crippen molar-refractivity contribution in [2.45, 2.75) is 20.0 Å². The van der Waals surface area contributed by atoms with Gasteiger partial charge in [-0.1, -0.05) is 11.6 Å². The van der Waals surface area contributed by atoms with Crippen LogP contribution in [0, 0.1) is 0 Å². The molecule has 0 unspecified atom stereocenters. The van der Waals surface area contributed by atoms with Crippen molar-refractivity contribution < 1.29 is 9.47 Å². The first-order valence-corrected chi connectivity index (χ1v) is 8.88. The zero-order chi connectivity index (χ0) is 19.2. The van der Waals surface area contributed by atoms with Gasteiger partial charge in [0.25, 0.3) is 0 Å². The lowest BCUT2D eigenvalue weighted by atomic mass is 10.3. The Bertz CT molecular complexity index is 901. The zero-order valence-corrected chi connectivity index (χ0v) is 16.1. The van der Waals surface area contributed by atoms with E-state index in [0.717, 1.165) is 17.1 Å². The lowest BCUT2D eigenvalue weighted by Gasteiger charge is -2.12. The van der Waals surface area contributed by atoms with Crippen LogP contribution < -0.4 is 20.1 Å². The second-order valence-corrected chi connectivity index (χ2v) is 6.49. The smallest absolute Gasteiger partial charge is 0.229 e. The Labute approximate surface area is 163 Å². The van der Waals surface area contributed by atoms with E-state index < -0.39 is 0 Å². The molecule has 0 aliphatic rings. The van der Waals surface area contributed by atoms with Gasteiger partial charge in [-0.25, -0.2) is 4.98 Å². The molecule has 2 aromatic carbocycles. The number of halogens is 1. The van der Waals surface area contributed by atoms with Crippen LogP contribution >= 0.6 is 11.6 Å². The molecule has 0 saturated carbocycles. The van der Waals surface area contributed by atoms with Gasteiger partial charge in [-0.3, -0.25) is 0 Å². The molecule has 0 spiro atoms. The third-order valence-corrected chi connectivity index (χ3v) is 3.80. The fourth-order valence-electron chi connectivity index (χ4n) is 2.42. The van der Waals surface area contributed by atoms with Crippen LogP contribution in [0.3, 0.4) is 0 Å². The minimum absolute atomic E-state index is 0.137. The van der Waals surface area contributed by atoms with Crippen molar-refractivity contribution in [2.24, 2.45) is 0 Å².